The molecule has 0 spiro atoms. The third kappa shape index (κ3) is 3.49. The zero-order valence-corrected chi connectivity index (χ0v) is 14.5. The quantitative estimate of drug-likeness (QED) is 0.813. The normalized spacial score (nSPS) is 13.8. The minimum atomic E-state index is -4.55. The first kappa shape index (κ1) is 18.2. The van der Waals surface area contributed by atoms with Gasteiger partial charge in [0.2, 0.25) is 11.9 Å². The summed E-state index contributed by atoms with van der Waals surface area (Å²) < 4.78 is 40.4. The number of fused-ring (bicyclic) bond motifs is 1. The van der Waals surface area contributed by atoms with E-state index < -0.39 is 11.9 Å². The number of aromatic nitrogens is 3. The summed E-state index contributed by atoms with van der Waals surface area (Å²) >= 11 is 0. The van der Waals surface area contributed by atoms with Crippen LogP contribution in [0.1, 0.15) is 38.8 Å². The van der Waals surface area contributed by atoms with Gasteiger partial charge in [-0.2, -0.15) is 13.2 Å². The van der Waals surface area contributed by atoms with Gasteiger partial charge in [0.15, 0.2) is 5.65 Å². The van der Waals surface area contributed by atoms with Gasteiger partial charge in [0.25, 0.3) is 0 Å². The number of nitrogens with zero attached hydrogens (tertiary/aromatic N) is 3. The molecular weight excluding hydrogens is 345 g/mol. The Hall–Kier alpha value is -2.64. The van der Waals surface area contributed by atoms with Crippen molar-refractivity contribution in [3.8, 4) is 0 Å². The molecule has 1 N–H and O–H groups in total. The highest BCUT2D eigenvalue weighted by Gasteiger charge is 2.33. The summed E-state index contributed by atoms with van der Waals surface area (Å²) in [6.07, 6.45) is 2.75. The second-order valence-corrected chi connectivity index (χ2v) is 6.19. The standard InChI is InChI=1S/C18H19F3N4O/c1-3-11(4-2)10-15(26)24-17-22-13-8-9-14(18(19,20)21)23-16(13)25(17)12-6-5-7-12/h5-9,11H,3-4,10H2,1-2H3,(H,22,24,26). The van der Waals surface area contributed by atoms with E-state index >= 15 is 0 Å². The zero-order chi connectivity index (χ0) is 18.9. The maximum Gasteiger partial charge on any atom is 0.433 e. The van der Waals surface area contributed by atoms with Crippen LogP contribution in [0.15, 0.2) is 30.4 Å². The molecule has 2 aromatic rings. The number of imidazole rings is 1. The van der Waals surface area contributed by atoms with Gasteiger partial charge < -0.3 is 0 Å². The summed E-state index contributed by atoms with van der Waals surface area (Å²) in [5.41, 5.74) is -0.0209. The van der Waals surface area contributed by atoms with Gasteiger partial charge in [0, 0.05) is 6.42 Å². The Morgan fingerprint density at radius 2 is 1.92 bits per heavy atom. The van der Waals surface area contributed by atoms with Crippen molar-refractivity contribution in [2.75, 3.05) is 5.32 Å². The number of alkyl halides is 3. The Morgan fingerprint density at radius 1 is 1.23 bits per heavy atom. The first-order valence-electron chi connectivity index (χ1n) is 8.48. The van der Waals surface area contributed by atoms with Crippen LogP contribution in [0.2, 0.25) is 0 Å². The lowest BCUT2D eigenvalue weighted by Crippen LogP contribution is -2.19. The molecule has 1 aliphatic rings. The molecule has 2 heterocycles. The van der Waals surface area contributed by atoms with E-state index in [1.54, 1.807) is 18.2 Å². The first-order valence-corrected chi connectivity index (χ1v) is 8.48. The minimum Gasteiger partial charge on any atom is -0.296 e. The molecule has 0 atom stereocenters. The number of allylic oxidation sites excluding steroid dienone is 4. The summed E-state index contributed by atoms with van der Waals surface area (Å²) in [6, 6.07) is 2.15. The van der Waals surface area contributed by atoms with Crippen LogP contribution in [-0.4, -0.2) is 20.4 Å². The van der Waals surface area contributed by atoms with Gasteiger partial charge in [-0.25, -0.2) is 9.97 Å². The van der Waals surface area contributed by atoms with E-state index in [0.29, 0.717) is 12.1 Å². The summed E-state index contributed by atoms with van der Waals surface area (Å²) in [6.45, 7) is 4.03. The van der Waals surface area contributed by atoms with Crippen LogP contribution in [0.3, 0.4) is 0 Å². The lowest BCUT2D eigenvalue weighted by atomic mass is 9.99. The van der Waals surface area contributed by atoms with Crippen LogP contribution >= 0.6 is 0 Å². The summed E-state index contributed by atoms with van der Waals surface area (Å²) in [5, 5.41) is 2.72. The Bertz CT molecular complexity index is 892. The molecule has 0 radical (unpaired) electrons. The van der Waals surface area contributed by atoms with Gasteiger partial charge in [-0.1, -0.05) is 32.8 Å². The van der Waals surface area contributed by atoms with Crippen LogP contribution in [0, 0.1) is 5.92 Å². The number of rotatable bonds is 6. The first-order chi connectivity index (χ1) is 12.3. The van der Waals surface area contributed by atoms with Crippen LogP contribution in [0.5, 0.6) is 0 Å². The third-order valence-electron chi connectivity index (χ3n) is 4.47. The molecule has 0 unspecified atom stereocenters. The number of hydrogen-bond donors (Lipinski definition) is 1. The number of halogens is 3. The lowest BCUT2D eigenvalue weighted by molar-refractivity contribution is -0.141. The highest BCUT2D eigenvalue weighted by atomic mass is 19.4. The molecule has 1 amide bonds. The zero-order valence-electron chi connectivity index (χ0n) is 14.5. The van der Waals surface area contributed by atoms with E-state index in [1.165, 1.54) is 10.6 Å². The third-order valence-corrected chi connectivity index (χ3v) is 4.47. The van der Waals surface area contributed by atoms with Crippen LogP contribution in [0.4, 0.5) is 19.1 Å². The second kappa shape index (κ2) is 6.93. The van der Waals surface area contributed by atoms with Gasteiger partial charge in [0.1, 0.15) is 11.2 Å². The Morgan fingerprint density at radius 3 is 2.46 bits per heavy atom. The maximum atomic E-state index is 13.0. The van der Waals surface area contributed by atoms with Crippen molar-refractivity contribution in [3.05, 3.63) is 36.1 Å². The molecule has 1 aliphatic carbocycles. The summed E-state index contributed by atoms with van der Waals surface area (Å²) in [7, 11) is 0. The van der Waals surface area contributed by atoms with Crippen molar-refractivity contribution in [2.24, 2.45) is 5.92 Å². The molecule has 0 fully saturated rings. The number of nitrogens with one attached hydrogen (secondary N) is 1. The molecule has 2 aromatic heterocycles. The number of amides is 1. The van der Waals surface area contributed by atoms with E-state index in [1.807, 2.05) is 13.8 Å². The highest BCUT2D eigenvalue weighted by Crippen LogP contribution is 2.32. The fourth-order valence-corrected chi connectivity index (χ4v) is 2.79. The Labute approximate surface area is 148 Å². The fourth-order valence-electron chi connectivity index (χ4n) is 2.79. The molecule has 0 aliphatic heterocycles. The SMILES string of the molecule is CCC(CC)CC(=O)Nc1nc2ccc(C(F)(F)F)nc2n1C1=CC=C1. The molecule has 0 bridgehead atoms. The van der Waals surface area contributed by atoms with E-state index in [9.17, 15) is 18.0 Å². The van der Waals surface area contributed by atoms with E-state index in [4.69, 9.17) is 0 Å². The van der Waals surface area contributed by atoms with E-state index in [2.05, 4.69) is 15.3 Å². The predicted octanol–water partition coefficient (Wildman–Crippen LogP) is 4.63. The van der Waals surface area contributed by atoms with E-state index in [0.717, 1.165) is 18.9 Å². The molecule has 0 saturated carbocycles. The molecule has 138 valence electrons. The minimum absolute atomic E-state index is 0.0632. The average Bonchev–Trinajstić information content (AvgIpc) is 2.87. The number of anilines is 1. The van der Waals surface area contributed by atoms with Crippen LogP contribution in [-0.2, 0) is 11.0 Å². The summed E-state index contributed by atoms with van der Waals surface area (Å²) in [5.74, 6) is 0.221. The average molecular weight is 364 g/mol. The fraction of sp³-hybridized carbons (Fsp3) is 0.389. The van der Waals surface area contributed by atoms with Crippen molar-refractivity contribution in [1.29, 1.82) is 0 Å². The highest BCUT2D eigenvalue weighted by molar-refractivity contribution is 5.93. The van der Waals surface area contributed by atoms with Crippen LogP contribution < -0.4 is 5.32 Å². The number of carbonyl (C=O) groups is 1. The number of hydrogen-bond acceptors (Lipinski definition) is 3. The van der Waals surface area contributed by atoms with Gasteiger partial charge >= 0.3 is 6.18 Å². The molecule has 3 rings (SSSR count). The topological polar surface area (TPSA) is 59.8 Å². The molecule has 0 aromatic carbocycles. The number of pyridine rings is 1. The molecular formula is C18H19F3N4O. The van der Waals surface area contributed by atoms with Crippen molar-refractivity contribution in [1.82, 2.24) is 14.5 Å². The predicted molar refractivity (Wildman–Crippen MR) is 93.3 cm³/mol. The van der Waals surface area contributed by atoms with Gasteiger partial charge in [-0.15, -0.1) is 0 Å². The second-order valence-electron chi connectivity index (χ2n) is 6.19. The molecule has 0 saturated heterocycles. The monoisotopic (exact) mass is 364 g/mol. The number of carbonyl (C=O) groups excluding carboxylic acids is 1. The largest absolute Gasteiger partial charge is 0.433 e. The van der Waals surface area contributed by atoms with Crippen LogP contribution in [0.25, 0.3) is 16.9 Å². The smallest absolute Gasteiger partial charge is 0.296 e. The van der Waals surface area contributed by atoms with E-state index in [-0.39, 0.29) is 28.9 Å². The van der Waals surface area contributed by atoms with Crippen molar-refractivity contribution < 1.29 is 18.0 Å². The molecule has 5 nitrogen and oxygen atoms in total. The lowest BCUT2D eigenvalue weighted by Gasteiger charge is -2.15. The Balaban J connectivity index is 1.98. The molecule has 8 heteroatoms. The summed E-state index contributed by atoms with van der Waals surface area (Å²) in [4.78, 5) is 20.3. The van der Waals surface area contributed by atoms with Crippen molar-refractivity contribution >= 4 is 28.7 Å². The molecule has 26 heavy (non-hydrogen) atoms. The van der Waals surface area contributed by atoms with Gasteiger partial charge in [-0.05, 0) is 30.2 Å². The Kier molecular flexibility index (Phi) is 4.84. The van der Waals surface area contributed by atoms with Gasteiger partial charge in [-0.3, -0.25) is 14.7 Å². The van der Waals surface area contributed by atoms with Crippen molar-refractivity contribution in [2.45, 2.75) is 39.3 Å². The van der Waals surface area contributed by atoms with Gasteiger partial charge in [0.05, 0.1) is 5.70 Å². The van der Waals surface area contributed by atoms with Crippen molar-refractivity contribution in [3.63, 3.8) is 0 Å². The maximum absolute atomic E-state index is 13.0.